The third-order valence-corrected chi connectivity index (χ3v) is 13.7. The molecule has 0 aliphatic carbocycles. The van der Waals surface area contributed by atoms with Gasteiger partial charge in [-0.2, -0.15) is 0 Å². The number of carbonyl (C=O) groups is 3. The van der Waals surface area contributed by atoms with Gasteiger partial charge in [-0.3, -0.25) is 14.4 Å². The van der Waals surface area contributed by atoms with Gasteiger partial charge in [-0.05, 0) is 31.1 Å². The minimum atomic E-state index is -0.763. The van der Waals surface area contributed by atoms with Crippen molar-refractivity contribution >= 4 is 17.9 Å². The molecule has 6 nitrogen and oxygen atoms in total. The van der Waals surface area contributed by atoms with Crippen LogP contribution in [0.15, 0.2) is 0 Å². The van der Waals surface area contributed by atoms with Gasteiger partial charge in [0.15, 0.2) is 6.10 Å². The van der Waals surface area contributed by atoms with E-state index in [1.807, 2.05) is 0 Å². The Balaban J connectivity index is 4.27. The number of esters is 3. The summed E-state index contributed by atoms with van der Waals surface area (Å²) in [5.41, 5.74) is 0. The highest BCUT2D eigenvalue weighted by Crippen LogP contribution is 2.18. The lowest BCUT2D eigenvalue weighted by Crippen LogP contribution is -2.30. The van der Waals surface area contributed by atoms with Gasteiger partial charge in [-0.25, -0.2) is 0 Å². The predicted octanol–water partition coefficient (Wildman–Crippen LogP) is 19.7. The van der Waals surface area contributed by atoms with Gasteiger partial charge in [0.1, 0.15) is 13.2 Å². The zero-order valence-electron chi connectivity index (χ0n) is 45.3. The van der Waals surface area contributed by atoms with Crippen molar-refractivity contribution in [3.8, 4) is 0 Å². The lowest BCUT2D eigenvalue weighted by Gasteiger charge is -2.18. The van der Waals surface area contributed by atoms with E-state index in [0.29, 0.717) is 19.3 Å². The van der Waals surface area contributed by atoms with Crippen molar-refractivity contribution in [1.29, 1.82) is 0 Å². The molecule has 0 unspecified atom stereocenters. The number of hydrogen-bond acceptors (Lipinski definition) is 6. The zero-order valence-corrected chi connectivity index (χ0v) is 45.3. The normalized spacial score (nSPS) is 12.0. The molecule has 0 aliphatic rings. The molecule has 0 heterocycles. The second kappa shape index (κ2) is 52.8. The van der Waals surface area contributed by atoms with Gasteiger partial charge in [-0.15, -0.1) is 0 Å². The van der Waals surface area contributed by atoms with Crippen molar-refractivity contribution in [3.63, 3.8) is 0 Å². The molecule has 1 atom stereocenters. The fourth-order valence-corrected chi connectivity index (χ4v) is 9.23. The Hall–Kier alpha value is -1.59. The van der Waals surface area contributed by atoms with Crippen LogP contribution in [0.5, 0.6) is 0 Å². The number of rotatable bonds is 54. The van der Waals surface area contributed by atoms with E-state index in [2.05, 4.69) is 34.6 Å². The Morgan fingerprint density at radius 2 is 0.500 bits per heavy atom. The van der Waals surface area contributed by atoms with Crippen molar-refractivity contribution in [2.24, 2.45) is 11.8 Å². The largest absolute Gasteiger partial charge is 0.462 e. The summed E-state index contributed by atoms with van der Waals surface area (Å²) in [6.07, 6.45) is 56.7. The minimum Gasteiger partial charge on any atom is -0.462 e. The van der Waals surface area contributed by atoms with Crippen molar-refractivity contribution in [2.45, 2.75) is 343 Å². The molecule has 0 aliphatic heterocycles. The summed E-state index contributed by atoms with van der Waals surface area (Å²) in [5.74, 6) is 0.823. The Bertz CT molecular complexity index is 1010. The van der Waals surface area contributed by atoms with Crippen LogP contribution >= 0.6 is 0 Å². The number of carbonyl (C=O) groups excluding carboxylic acids is 3. The van der Waals surface area contributed by atoms with Gasteiger partial charge < -0.3 is 14.2 Å². The van der Waals surface area contributed by atoms with E-state index in [1.165, 1.54) is 225 Å². The molecule has 0 amide bonds. The van der Waals surface area contributed by atoms with Crippen LogP contribution in [-0.4, -0.2) is 37.2 Å². The molecule has 392 valence electrons. The van der Waals surface area contributed by atoms with Gasteiger partial charge in [0.2, 0.25) is 0 Å². The first-order chi connectivity index (χ1) is 32.2. The minimum absolute atomic E-state index is 0.0627. The highest BCUT2D eigenvalue weighted by molar-refractivity contribution is 5.71. The monoisotopic (exact) mass is 933 g/mol. The maximum atomic E-state index is 12.8. The standard InChI is InChI=1S/C60H116O6/c1-6-7-8-9-10-11-12-13-14-15-16-17-21-24-30-35-40-45-50-58(61)64-53-57(66-60(63)52-47-42-37-32-27-26-29-34-39-44-49-56(4)5)54-65-59(62)51-46-41-36-31-25-22-19-18-20-23-28-33-38-43-48-55(2)3/h55-57H,6-54H2,1-5H3/t57-/m0/s1. The van der Waals surface area contributed by atoms with Crippen LogP contribution in [0.1, 0.15) is 336 Å². The van der Waals surface area contributed by atoms with E-state index in [9.17, 15) is 14.4 Å². The van der Waals surface area contributed by atoms with Crippen LogP contribution in [0.25, 0.3) is 0 Å². The van der Waals surface area contributed by atoms with E-state index in [1.54, 1.807) is 0 Å². The average molecular weight is 934 g/mol. The Morgan fingerprint density at radius 3 is 0.742 bits per heavy atom. The van der Waals surface area contributed by atoms with Gasteiger partial charge in [0.25, 0.3) is 0 Å². The predicted molar refractivity (Wildman–Crippen MR) is 284 cm³/mol. The molecule has 0 aromatic rings. The SMILES string of the molecule is CCCCCCCCCCCCCCCCCCCCC(=O)OC[C@@H](COC(=O)CCCCCCCCCCCCCCCCC(C)C)OC(=O)CCCCCCCCCCCCC(C)C. The van der Waals surface area contributed by atoms with E-state index in [-0.39, 0.29) is 31.1 Å². The molecular weight excluding hydrogens is 817 g/mol. The van der Waals surface area contributed by atoms with Crippen LogP contribution in [0.3, 0.4) is 0 Å². The lowest BCUT2D eigenvalue weighted by atomic mass is 10.0. The number of unbranched alkanes of at least 4 members (excludes halogenated alkanes) is 39. The smallest absolute Gasteiger partial charge is 0.306 e. The molecule has 6 heteroatoms. The maximum Gasteiger partial charge on any atom is 0.306 e. The van der Waals surface area contributed by atoms with E-state index < -0.39 is 6.10 Å². The summed E-state index contributed by atoms with van der Waals surface area (Å²) < 4.78 is 16.9. The number of hydrogen-bond donors (Lipinski definition) is 0. The zero-order chi connectivity index (χ0) is 48.2. The van der Waals surface area contributed by atoms with Gasteiger partial charge >= 0.3 is 17.9 Å². The summed E-state index contributed by atoms with van der Waals surface area (Å²) in [4.78, 5) is 38.2. The van der Waals surface area contributed by atoms with Gasteiger partial charge in [-0.1, -0.05) is 298 Å². The highest BCUT2D eigenvalue weighted by Gasteiger charge is 2.19. The summed E-state index contributed by atoms with van der Waals surface area (Å²) in [6.45, 7) is 11.4. The third kappa shape index (κ3) is 53.4. The molecule has 66 heavy (non-hydrogen) atoms. The van der Waals surface area contributed by atoms with Gasteiger partial charge in [0, 0.05) is 19.3 Å². The third-order valence-electron chi connectivity index (χ3n) is 13.7. The van der Waals surface area contributed by atoms with Crippen molar-refractivity contribution in [2.75, 3.05) is 13.2 Å². The fourth-order valence-electron chi connectivity index (χ4n) is 9.23. The Morgan fingerprint density at radius 1 is 0.288 bits per heavy atom. The Labute approximate surface area is 412 Å². The second-order valence-electron chi connectivity index (χ2n) is 21.6. The molecular formula is C60H116O6. The second-order valence-corrected chi connectivity index (χ2v) is 21.6. The molecule has 0 rings (SSSR count). The molecule has 0 radical (unpaired) electrons. The first-order valence-electron chi connectivity index (χ1n) is 29.7. The summed E-state index contributed by atoms with van der Waals surface area (Å²) >= 11 is 0. The molecule has 0 spiro atoms. The summed E-state index contributed by atoms with van der Waals surface area (Å²) in [7, 11) is 0. The first-order valence-corrected chi connectivity index (χ1v) is 29.7. The maximum absolute atomic E-state index is 12.8. The fraction of sp³-hybridized carbons (Fsp3) is 0.950. The van der Waals surface area contributed by atoms with Crippen LogP contribution in [0.2, 0.25) is 0 Å². The summed E-state index contributed by atoms with van der Waals surface area (Å²) in [5, 5.41) is 0. The van der Waals surface area contributed by atoms with Crippen LogP contribution in [0.4, 0.5) is 0 Å². The van der Waals surface area contributed by atoms with Crippen LogP contribution in [0, 0.1) is 11.8 Å². The molecule has 0 aromatic carbocycles. The topological polar surface area (TPSA) is 78.9 Å². The summed E-state index contributed by atoms with van der Waals surface area (Å²) in [6, 6.07) is 0. The quantitative estimate of drug-likeness (QED) is 0.0343. The van der Waals surface area contributed by atoms with Crippen LogP contribution < -0.4 is 0 Å². The van der Waals surface area contributed by atoms with Crippen molar-refractivity contribution < 1.29 is 28.6 Å². The first kappa shape index (κ1) is 64.4. The average Bonchev–Trinajstić information content (AvgIpc) is 3.29. The lowest BCUT2D eigenvalue weighted by molar-refractivity contribution is -0.167. The molecule has 0 saturated heterocycles. The molecule has 0 saturated carbocycles. The highest BCUT2D eigenvalue weighted by atomic mass is 16.6. The van der Waals surface area contributed by atoms with E-state index in [0.717, 1.165) is 69.6 Å². The molecule has 0 fully saturated rings. The molecule has 0 aromatic heterocycles. The van der Waals surface area contributed by atoms with Crippen LogP contribution in [-0.2, 0) is 28.6 Å². The van der Waals surface area contributed by atoms with Crippen molar-refractivity contribution in [1.82, 2.24) is 0 Å². The van der Waals surface area contributed by atoms with E-state index >= 15 is 0 Å². The van der Waals surface area contributed by atoms with Crippen molar-refractivity contribution in [3.05, 3.63) is 0 Å². The molecule has 0 bridgehead atoms. The van der Waals surface area contributed by atoms with Gasteiger partial charge in [0.05, 0.1) is 0 Å². The Kier molecular flexibility index (Phi) is 51.5. The number of ether oxygens (including phenoxy) is 3. The molecule has 0 N–H and O–H groups in total. The van der Waals surface area contributed by atoms with E-state index in [4.69, 9.17) is 14.2 Å².